The van der Waals surface area contributed by atoms with Crippen LogP contribution in [0.2, 0.25) is 5.02 Å². The maximum atomic E-state index is 6.03. The lowest BCUT2D eigenvalue weighted by Gasteiger charge is -2.13. The minimum absolute atomic E-state index is 0.191. The number of nitrogens with two attached hydrogens (primary N) is 1. The van der Waals surface area contributed by atoms with E-state index >= 15 is 0 Å². The molecule has 0 saturated heterocycles. The Morgan fingerprint density at radius 3 is 2.54 bits per heavy atom. The Hall–Kier alpha value is -0.530. The lowest BCUT2D eigenvalue weighted by Crippen LogP contribution is -2.19. The van der Waals surface area contributed by atoms with Crippen molar-refractivity contribution in [3.05, 3.63) is 33.8 Å². The summed E-state index contributed by atoms with van der Waals surface area (Å²) in [6.07, 6.45) is 0.901. The summed E-state index contributed by atoms with van der Waals surface area (Å²) in [5.41, 5.74) is 9.51. The molecule has 0 radical (unpaired) electrons. The van der Waals surface area contributed by atoms with E-state index in [1.165, 1.54) is 16.7 Å². The van der Waals surface area contributed by atoms with Crippen LogP contribution in [0.5, 0.6) is 0 Å². The van der Waals surface area contributed by atoms with Crippen LogP contribution in [-0.2, 0) is 6.42 Å². The molecule has 0 aromatic heterocycles. The van der Waals surface area contributed by atoms with Gasteiger partial charge in [0.2, 0.25) is 0 Å². The summed E-state index contributed by atoms with van der Waals surface area (Å²) in [6, 6.07) is 4.18. The van der Waals surface area contributed by atoms with Gasteiger partial charge in [-0.15, -0.1) is 0 Å². The fourth-order valence-electron chi connectivity index (χ4n) is 1.50. The van der Waals surface area contributed by atoms with E-state index in [1.807, 2.05) is 26.0 Å². The molecule has 2 heteroatoms. The second-order valence-electron chi connectivity index (χ2n) is 3.65. The van der Waals surface area contributed by atoms with Crippen molar-refractivity contribution in [3.8, 4) is 0 Å². The van der Waals surface area contributed by atoms with Crippen LogP contribution in [0.4, 0.5) is 0 Å². The summed E-state index contributed by atoms with van der Waals surface area (Å²) in [6.45, 7) is 6.16. The average molecular weight is 198 g/mol. The lowest BCUT2D eigenvalue weighted by molar-refractivity contribution is 0.731. The van der Waals surface area contributed by atoms with Gasteiger partial charge in [0.05, 0.1) is 0 Å². The molecule has 72 valence electrons. The number of hydrogen-bond acceptors (Lipinski definition) is 1. The highest BCUT2D eigenvalue weighted by molar-refractivity contribution is 6.31. The Kier molecular flexibility index (Phi) is 3.34. The zero-order valence-electron chi connectivity index (χ0n) is 8.39. The molecular formula is C11H16ClN. The lowest BCUT2D eigenvalue weighted by atomic mass is 9.97. The van der Waals surface area contributed by atoms with Crippen LogP contribution < -0.4 is 5.73 Å². The van der Waals surface area contributed by atoms with Gasteiger partial charge in [0.1, 0.15) is 0 Å². The van der Waals surface area contributed by atoms with Crippen LogP contribution in [0.25, 0.3) is 0 Å². The molecule has 0 heterocycles. The van der Waals surface area contributed by atoms with Crippen LogP contribution in [-0.4, -0.2) is 6.04 Å². The van der Waals surface area contributed by atoms with Gasteiger partial charge in [0.15, 0.2) is 0 Å². The molecule has 2 N–H and O–H groups in total. The molecule has 0 spiro atoms. The van der Waals surface area contributed by atoms with Crippen LogP contribution in [0.1, 0.15) is 23.6 Å². The number of benzene rings is 1. The van der Waals surface area contributed by atoms with Crippen LogP contribution in [0.15, 0.2) is 12.1 Å². The van der Waals surface area contributed by atoms with E-state index in [-0.39, 0.29) is 6.04 Å². The van der Waals surface area contributed by atoms with Crippen molar-refractivity contribution in [3.63, 3.8) is 0 Å². The molecule has 13 heavy (non-hydrogen) atoms. The molecule has 1 unspecified atom stereocenters. The third-order valence-corrected chi connectivity index (χ3v) is 2.70. The highest BCUT2D eigenvalue weighted by atomic mass is 35.5. The number of aryl methyl sites for hydroxylation is 1. The number of halogens is 1. The summed E-state index contributed by atoms with van der Waals surface area (Å²) < 4.78 is 0. The normalized spacial score (nSPS) is 13.0. The quantitative estimate of drug-likeness (QED) is 0.776. The van der Waals surface area contributed by atoms with Crippen molar-refractivity contribution in [1.82, 2.24) is 0 Å². The maximum absolute atomic E-state index is 6.03. The summed E-state index contributed by atoms with van der Waals surface area (Å²) in [4.78, 5) is 0. The van der Waals surface area contributed by atoms with E-state index in [4.69, 9.17) is 17.3 Å². The third-order valence-electron chi connectivity index (χ3n) is 2.29. The van der Waals surface area contributed by atoms with E-state index in [0.29, 0.717) is 0 Å². The van der Waals surface area contributed by atoms with Crippen LogP contribution in [0.3, 0.4) is 0 Å². The molecule has 0 aliphatic rings. The highest BCUT2D eigenvalue weighted by Crippen LogP contribution is 2.23. The standard InChI is InChI=1S/C11H16ClN/c1-7-4-5-11(12)9(3)10(7)6-8(2)13/h4-5,8H,6,13H2,1-3H3. The monoisotopic (exact) mass is 197 g/mol. The Balaban J connectivity index is 3.10. The first-order valence-electron chi connectivity index (χ1n) is 4.52. The first-order chi connectivity index (χ1) is 6.02. The minimum atomic E-state index is 0.191. The van der Waals surface area contributed by atoms with Crippen molar-refractivity contribution < 1.29 is 0 Å². The van der Waals surface area contributed by atoms with Gasteiger partial charge in [-0.3, -0.25) is 0 Å². The van der Waals surface area contributed by atoms with Crippen molar-refractivity contribution >= 4 is 11.6 Å². The second kappa shape index (κ2) is 4.12. The van der Waals surface area contributed by atoms with Gasteiger partial charge in [0, 0.05) is 11.1 Å². The minimum Gasteiger partial charge on any atom is -0.328 e. The molecule has 0 bridgehead atoms. The van der Waals surface area contributed by atoms with E-state index in [9.17, 15) is 0 Å². The molecule has 0 saturated carbocycles. The van der Waals surface area contributed by atoms with E-state index < -0.39 is 0 Å². The van der Waals surface area contributed by atoms with Gasteiger partial charge in [0.25, 0.3) is 0 Å². The molecule has 1 aromatic carbocycles. The molecule has 1 atom stereocenters. The molecular weight excluding hydrogens is 182 g/mol. The fraction of sp³-hybridized carbons (Fsp3) is 0.455. The molecule has 1 nitrogen and oxygen atoms in total. The van der Waals surface area contributed by atoms with Gasteiger partial charge in [-0.2, -0.15) is 0 Å². The summed E-state index contributed by atoms with van der Waals surface area (Å²) in [5, 5.41) is 0.834. The molecule has 0 aliphatic heterocycles. The van der Waals surface area contributed by atoms with Crippen LogP contribution in [0, 0.1) is 13.8 Å². The van der Waals surface area contributed by atoms with Crippen LogP contribution >= 0.6 is 11.6 Å². The fourth-order valence-corrected chi connectivity index (χ4v) is 1.68. The van der Waals surface area contributed by atoms with Crippen molar-refractivity contribution in [1.29, 1.82) is 0 Å². The van der Waals surface area contributed by atoms with Gasteiger partial charge in [-0.1, -0.05) is 17.7 Å². The predicted octanol–water partition coefficient (Wildman–Crippen LogP) is 2.85. The van der Waals surface area contributed by atoms with Gasteiger partial charge >= 0.3 is 0 Å². The largest absolute Gasteiger partial charge is 0.328 e. The SMILES string of the molecule is Cc1ccc(Cl)c(C)c1CC(C)N. The number of hydrogen-bond donors (Lipinski definition) is 1. The van der Waals surface area contributed by atoms with Crippen molar-refractivity contribution in [2.24, 2.45) is 5.73 Å². The zero-order chi connectivity index (χ0) is 10.0. The highest BCUT2D eigenvalue weighted by Gasteiger charge is 2.07. The molecule has 0 fully saturated rings. The summed E-state index contributed by atoms with van der Waals surface area (Å²) >= 11 is 6.03. The summed E-state index contributed by atoms with van der Waals surface area (Å²) in [7, 11) is 0. The Morgan fingerprint density at radius 2 is 2.00 bits per heavy atom. The Labute approximate surface area is 84.9 Å². The zero-order valence-corrected chi connectivity index (χ0v) is 9.15. The summed E-state index contributed by atoms with van der Waals surface area (Å²) in [5.74, 6) is 0. The average Bonchev–Trinajstić information content (AvgIpc) is 2.05. The van der Waals surface area contributed by atoms with E-state index in [0.717, 1.165) is 11.4 Å². The molecule has 1 rings (SSSR count). The van der Waals surface area contributed by atoms with Gasteiger partial charge < -0.3 is 5.73 Å². The number of rotatable bonds is 2. The third kappa shape index (κ3) is 2.45. The molecule has 1 aromatic rings. The Morgan fingerprint density at radius 1 is 1.38 bits per heavy atom. The smallest absolute Gasteiger partial charge is 0.0438 e. The molecule has 0 aliphatic carbocycles. The van der Waals surface area contributed by atoms with E-state index in [1.54, 1.807) is 0 Å². The second-order valence-corrected chi connectivity index (χ2v) is 4.06. The predicted molar refractivity (Wildman–Crippen MR) is 58.3 cm³/mol. The van der Waals surface area contributed by atoms with E-state index in [2.05, 4.69) is 6.92 Å². The van der Waals surface area contributed by atoms with Gasteiger partial charge in [-0.25, -0.2) is 0 Å². The first kappa shape index (κ1) is 10.6. The molecule has 0 amide bonds. The Bertz CT molecular complexity index is 305. The topological polar surface area (TPSA) is 26.0 Å². The van der Waals surface area contributed by atoms with Crippen molar-refractivity contribution in [2.45, 2.75) is 33.2 Å². The first-order valence-corrected chi connectivity index (χ1v) is 4.90. The maximum Gasteiger partial charge on any atom is 0.0438 e. The van der Waals surface area contributed by atoms with Crippen molar-refractivity contribution in [2.75, 3.05) is 0 Å². The van der Waals surface area contributed by atoms with Gasteiger partial charge in [-0.05, 0) is 49.9 Å².